The third kappa shape index (κ3) is 6.96. The predicted octanol–water partition coefficient (Wildman–Crippen LogP) is 2.78. The molecule has 2 amide bonds. The van der Waals surface area contributed by atoms with Crippen LogP contribution in [0.4, 0.5) is 5.69 Å². The van der Waals surface area contributed by atoms with Gasteiger partial charge in [-0.3, -0.25) is 9.59 Å². The van der Waals surface area contributed by atoms with E-state index in [4.69, 9.17) is 17.7 Å². The van der Waals surface area contributed by atoms with Gasteiger partial charge < -0.3 is 20.7 Å². The van der Waals surface area contributed by atoms with Gasteiger partial charge in [0.1, 0.15) is 10.7 Å². The van der Waals surface area contributed by atoms with Crippen molar-refractivity contribution in [1.82, 2.24) is 15.6 Å². The second-order valence-electron chi connectivity index (χ2n) is 5.55. The van der Waals surface area contributed by atoms with Crippen LogP contribution in [0.25, 0.3) is 10.4 Å². The number of pyridine rings is 1. The summed E-state index contributed by atoms with van der Waals surface area (Å²) in [5.41, 5.74) is 8.97. The zero-order valence-corrected chi connectivity index (χ0v) is 16.5. The molecule has 0 spiro atoms. The number of carbonyl (C=O) groups is 3. The maximum atomic E-state index is 12.1. The highest BCUT2D eigenvalue weighted by Gasteiger charge is 2.20. The predicted molar refractivity (Wildman–Crippen MR) is 109 cm³/mol. The fourth-order valence-electron chi connectivity index (χ4n) is 2.11. The van der Waals surface area contributed by atoms with Crippen LogP contribution in [0.3, 0.4) is 0 Å². The van der Waals surface area contributed by atoms with Crippen LogP contribution in [-0.4, -0.2) is 46.2 Å². The third-order valence-electron chi connectivity index (χ3n) is 3.52. The zero-order chi connectivity index (χ0) is 21.2. The first kappa shape index (κ1) is 22.0. The number of aromatic amines is 1. The van der Waals surface area contributed by atoms with Crippen molar-refractivity contribution in [2.45, 2.75) is 10.9 Å². The SMILES string of the molecule is [N-]=[N+]=Nc1ccc(C(=O)NCC(=O)N[C@@H](CSc2ccc[nH]c2=S)C(=O)O)cc1. The van der Waals surface area contributed by atoms with Crippen LogP contribution in [0, 0.1) is 4.64 Å². The lowest BCUT2D eigenvalue weighted by molar-refractivity contribution is -0.140. The maximum absolute atomic E-state index is 12.1. The third-order valence-corrected chi connectivity index (χ3v) is 5.14. The fraction of sp³-hybridized carbons (Fsp3) is 0.176. The molecule has 0 radical (unpaired) electrons. The summed E-state index contributed by atoms with van der Waals surface area (Å²) in [4.78, 5) is 41.7. The molecule has 0 saturated heterocycles. The normalized spacial score (nSPS) is 11.0. The van der Waals surface area contributed by atoms with Crippen molar-refractivity contribution in [3.63, 3.8) is 0 Å². The van der Waals surface area contributed by atoms with Crippen molar-refractivity contribution >= 4 is 47.5 Å². The van der Waals surface area contributed by atoms with Gasteiger partial charge in [-0.15, -0.1) is 11.8 Å². The van der Waals surface area contributed by atoms with E-state index in [1.807, 2.05) is 0 Å². The van der Waals surface area contributed by atoms with Crippen LogP contribution in [0.15, 0.2) is 52.6 Å². The van der Waals surface area contributed by atoms with E-state index in [1.54, 1.807) is 18.3 Å². The molecule has 0 aliphatic heterocycles. The van der Waals surface area contributed by atoms with Crippen LogP contribution < -0.4 is 10.6 Å². The number of benzene rings is 1. The largest absolute Gasteiger partial charge is 0.480 e. The van der Waals surface area contributed by atoms with Crippen LogP contribution >= 0.6 is 24.0 Å². The second-order valence-corrected chi connectivity index (χ2v) is 7.02. The number of thioether (sulfide) groups is 1. The standard InChI is InChI=1S/C17H16N6O4S2/c18-23-22-11-5-3-10(4-6-11)15(25)20-8-14(24)21-12(17(26)27)9-29-13-2-1-7-19-16(13)28/h1-7,12H,8-9H2,(H,19,28)(H,20,25)(H,21,24)(H,26,27)/t12-/m0/s1. The van der Waals surface area contributed by atoms with Crippen molar-refractivity contribution in [1.29, 1.82) is 0 Å². The molecule has 1 aromatic heterocycles. The van der Waals surface area contributed by atoms with E-state index in [2.05, 4.69) is 25.6 Å². The number of carboxylic acids is 1. The number of H-pyrrole nitrogens is 1. The number of carboxylic acid groups (broad SMARTS) is 1. The molecule has 12 heteroatoms. The van der Waals surface area contributed by atoms with Crippen LogP contribution in [0.5, 0.6) is 0 Å². The van der Waals surface area contributed by atoms with E-state index in [-0.39, 0.29) is 11.3 Å². The zero-order valence-electron chi connectivity index (χ0n) is 14.9. The van der Waals surface area contributed by atoms with Gasteiger partial charge in [0.15, 0.2) is 0 Å². The number of amides is 2. The molecule has 2 rings (SSSR count). The number of nitrogens with one attached hydrogen (secondary N) is 3. The summed E-state index contributed by atoms with van der Waals surface area (Å²) < 4.78 is 0.478. The molecule has 0 saturated carbocycles. The molecule has 10 nitrogen and oxygen atoms in total. The van der Waals surface area contributed by atoms with Crippen molar-refractivity contribution in [2.75, 3.05) is 12.3 Å². The Morgan fingerprint density at radius 3 is 2.62 bits per heavy atom. The summed E-state index contributed by atoms with van der Waals surface area (Å²) in [7, 11) is 0. The summed E-state index contributed by atoms with van der Waals surface area (Å²) in [6, 6.07) is 8.14. The summed E-state index contributed by atoms with van der Waals surface area (Å²) in [6.45, 7) is -0.392. The Labute approximate surface area is 174 Å². The molecule has 1 heterocycles. The molecule has 1 aromatic carbocycles. The van der Waals surface area contributed by atoms with Gasteiger partial charge in [0.05, 0.1) is 6.54 Å². The first-order valence-electron chi connectivity index (χ1n) is 8.16. The van der Waals surface area contributed by atoms with E-state index < -0.39 is 30.4 Å². The number of nitrogens with zero attached hydrogens (tertiary/aromatic N) is 3. The van der Waals surface area contributed by atoms with Gasteiger partial charge in [0, 0.05) is 33.0 Å². The van der Waals surface area contributed by atoms with Crippen LogP contribution in [0.2, 0.25) is 0 Å². The van der Waals surface area contributed by atoms with Crippen LogP contribution in [0.1, 0.15) is 10.4 Å². The number of rotatable bonds is 9. The highest BCUT2D eigenvalue weighted by molar-refractivity contribution is 7.99. The van der Waals surface area contributed by atoms with Gasteiger partial charge in [-0.1, -0.05) is 29.5 Å². The Hall–Kier alpha value is -3.34. The topological polar surface area (TPSA) is 160 Å². The van der Waals surface area contributed by atoms with Crippen molar-refractivity contribution in [3.05, 3.63) is 63.2 Å². The maximum Gasteiger partial charge on any atom is 0.327 e. The molecule has 0 unspecified atom stereocenters. The number of aliphatic carboxylic acids is 1. The smallest absolute Gasteiger partial charge is 0.327 e. The number of hydrogen-bond donors (Lipinski definition) is 4. The van der Waals surface area contributed by atoms with Gasteiger partial charge in [0.2, 0.25) is 5.91 Å². The number of aromatic nitrogens is 1. The molecule has 0 bridgehead atoms. The van der Waals surface area contributed by atoms with Gasteiger partial charge in [-0.05, 0) is 29.8 Å². The lowest BCUT2D eigenvalue weighted by Gasteiger charge is -2.14. The Bertz CT molecular complexity index is 1000. The highest BCUT2D eigenvalue weighted by atomic mass is 32.2. The molecule has 0 aliphatic rings. The lowest BCUT2D eigenvalue weighted by Crippen LogP contribution is -2.46. The summed E-state index contributed by atoms with van der Waals surface area (Å²) in [6.07, 6.45) is 1.66. The monoisotopic (exact) mass is 432 g/mol. The van der Waals surface area contributed by atoms with E-state index in [1.165, 1.54) is 36.0 Å². The Kier molecular flexibility index (Phi) is 8.22. The molecule has 4 N–H and O–H groups in total. The molecule has 1 atom stereocenters. The van der Waals surface area contributed by atoms with E-state index in [9.17, 15) is 19.5 Å². The molecule has 150 valence electrons. The highest BCUT2D eigenvalue weighted by Crippen LogP contribution is 2.19. The molecule has 0 aliphatic carbocycles. The van der Waals surface area contributed by atoms with E-state index in [0.717, 1.165) is 0 Å². The Morgan fingerprint density at radius 1 is 1.28 bits per heavy atom. The Morgan fingerprint density at radius 2 is 2.00 bits per heavy atom. The minimum absolute atomic E-state index is 0.0669. The van der Waals surface area contributed by atoms with E-state index >= 15 is 0 Å². The minimum atomic E-state index is -1.20. The van der Waals surface area contributed by atoms with Crippen molar-refractivity contribution in [2.24, 2.45) is 5.11 Å². The van der Waals surface area contributed by atoms with E-state index in [0.29, 0.717) is 15.2 Å². The summed E-state index contributed by atoms with van der Waals surface area (Å²) in [5.74, 6) is -2.30. The minimum Gasteiger partial charge on any atom is -0.480 e. The van der Waals surface area contributed by atoms with Gasteiger partial charge >= 0.3 is 5.97 Å². The van der Waals surface area contributed by atoms with Crippen LogP contribution in [-0.2, 0) is 9.59 Å². The lowest BCUT2D eigenvalue weighted by atomic mass is 10.2. The quantitative estimate of drug-likeness (QED) is 0.157. The molecule has 0 fully saturated rings. The average Bonchev–Trinajstić information content (AvgIpc) is 2.71. The Balaban J connectivity index is 1.87. The van der Waals surface area contributed by atoms with Crippen molar-refractivity contribution in [3.8, 4) is 0 Å². The average molecular weight is 432 g/mol. The molecule has 2 aromatic rings. The van der Waals surface area contributed by atoms with Gasteiger partial charge in [0.25, 0.3) is 5.91 Å². The first-order valence-corrected chi connectivity index (χ1v) is 9.56. The van der Waals surface area contributed by atoms with Gasteiger partial charge in [-0.2, -0.15) is 0 Å². The summed E-state index contributed by atoms with van der Waals surface area (Å²) >= 11 is 6.31. The van der Waals surface area contributed by atoms with Gasteiger partial charge in [-0.25, -0.2) is 4.79 Å². The fourth-order valence-corrected chi connectivity index (χ4v) is 3.36. The molecular weight excluding hydrogens is 416 g/mol. The number of carbonyl (C=O) groups excluding carboxylic acids is 2. The first-order chi connectivity index (χ1) is 13.9. The summed E-state index contributed by atoms with van der Waals surface area (Å²) in [5, 5.41) is 17.5. The number of azide groups is 1. The van der Waals surface area contributed by atoms with Crippen molar-refractivity contribution < 1.29 is 19.5 Å². The molecule has 29 heavy (non-hydrogen) atoms. The number of hydrogen-bond acceptors (Lipinski definition) is 6. The second kappa shape index (κ2) is 10.9. The molecular formula is C17H16N6O4S2.